The zero-order valence-corrected chi connectivity index (χ0v) is 5.75. The van der Waals surface area contributed by atoms with E-state index < -0.39 is 0 Å². The van der Waals surface area contributed by atoms with Gasteiger partial charge in [0.25, 0.3) is 3.95 Å². The molecule has 2 nitrogen and oxygen atoms in total. The molecule has 0 aliphatic rings. The number of hydrogen-bond acceptors (Lipinski definition) is 4. The number of nitrogen functional groups attached to an aromatic ring is 1. The monoisotopic (exact) mass is 151 g/mol. The Labute approximate surface area is 53.0 Å². The van der Waals surface area contributed by atoms with Gasteiger partial charge in [0.2, 0.25) is 0 Å². The van der Waals surface area contributed by atoms with Crippen LogP contribution in [-0.2, 0) is 0 Å². The van der Waals surface area contributed by atoms with E-state index in [4.69, 9.17) is 18.0 Å². The van der Waals surface area contributed by atoms with Crippen LogP contribution in [-0.4, -0.2) is 0 Å². The molecule has 38 valence electrons. The number of nitrogens with one attached hydrogen (secondary N) is 1. The predicted octanol–water partition coefficient (Wildman–Crippen LogP) is 0.935. The molecule has 0 aliphatic heterocycles. The lowest BCUT2D eigenvalue weighted by Crippen LogP contribution is -2.02. The molecule has 0 unspecified atom stereocenters. The summed E-state index contributed by atoms with van der Waals surface area (Å²) in [4.78, 5) is 2.77. The SMILES string of the molecule is Nc1[nH+]c(=S)ss1. The Bertz CT molecular complexity index is 199. The second-order valence-corrected chi connectivity index (χ2v) is 3.79. The van der Waals surface area contributed by atoms with Crippen LogP contribution in [0.2, 0.25) is 0 Å². The summed E-state index contributed by atoms with van der Waals surface area (Å²) in [6, 6.07) is 0. The van der Waals surface area contributed by atoms with Gasteiger partial charge in [0, 0.05) is 10.3 Å². The van der Waals surface area contributed by atoms with Crippen molar-refractivity contribution >= 4 is 38.0 Å². The zero-order valence-electron chi connectivity index (χ0n) is 3.30. The minimum atomic E-state index is 0.690. The van der Waals surface area contributed by atoms with Gasteiger partial charge < -0.3 is 0 Å². The molecule has 0 saturated carbocycles. The van der Waals surface area contributed by atoms with Gasteiger partial charge in [-0.3, -0.25) is 5.73 Å². The standard InChI is InChI=1S/C2H2N2S3/c3-1-4-2(5)7-6-1/h(H2,3,4,5)/p+1. The van der Waals surface area contributed by atoms with Crippen LogP contribution in [0.4, 0.5) is 5.13 Å². The van der Waals surface area contributed by atoms with E-state index in [1.807, 2.05) is 0 Å². The number of rotatable bonds is 0. The predicted molar refractivity (Wildman–Crippen MR) is 34.0 cm³/mol. The molecular formula is C2H3N2S3+. The minimum absolute atomic E-state index is 0.690. The normalized spacial score (nSPS) is 9.14. The van der Waals surface area contributed by atoms with Gasteiger partial charge in [0.05, 0.1) is 0 Å². The van der Waals surface area contributed by atoms with Crippen molar-refractivity contribution in [2.75, 3.05) is 5.73 Å². The summed E-state index contributed by atoms with van der Waals surface area (Å²) in [5.41, 5.74) is 5.29. The Morgan fingerprint density at radius 1 is 1.57 bits per heavy atom. The van der Waals surface area contributed by atoms with E-state index in [9.17, 15) is 0 Å². The van der Waals surface area contributed by atoms with Crippen molar-refractivity contribution in [3.63, 3.8) is 0 Å². The average molecular weight is 151 g/mol. The van der Waals surface area contributed by atoms with Gasteiger partial charge in [0.15, 0.2) is 0 Å². The van der Waals surface area contributed by atoms with E-state index in [0.717, 1.165) is 3.95 Å². The summed E-state index contributed by atoms with van der Waals surface area (Å²) in [7, 11) is 2.94. The van der Waals surface area contributed by atoms with Crippen molar-refractivity contribution in [1.29, 1.82) is 0 Å². The molecule has 1 rings (SSSR count). The molecule has 0 amide bonds. The molecule has 0 radical (unpaired) electrons. The van der Waals surface area contributed by atoms with Crippen molar-refractivity contribution in [1.82, 2.24) is 0 Å². The fourth-order valence-corrected chi connectivity index (χ4v) is 1.98. The van der Waals surface area contributed by atoms with Crippen molar-refractivity contribution in [3.05, 3.63) is 3.95 Å². The summed E-state index contributed by atoms with van der Waals surface area (Å²) >= 11 is 4.73. The van der Waals surface area contributed by atoms with Crippen LogP contribution in [0.15, 0.2) is 0 Å². The second kappa shape index (κ2) is 1.85. The number of aromatic amines is 1. The summed E-state index contributed by atoms with van der Waals surface area (Å²) < 4.78 is 0.752. The highest BCUT2D eigenvalue weighted by Gasteiger charge is 1.91. The molecule has 3 N–H and O–H groups in total. The molecular weight excluding hydrogens is 148 g/mol. The summed E-state index contributed by atoms with van der Waals surface area (Å²) in [5.74, 6) is 0. The fourth-order valence-electron chi connectivity index (χ4n) is 0.225. The van der Waals surface area contributed by atoms with Crippen LogP contribution in [0.3, 0.4) is 0 Å². The lowest BCUT2D eigenvalue weighted by molar-refractivity contribution is -0.358. The van der Waals surface area contributed by atoms with Crippen LogP contribution < -0.4 is 10.7 Å². The fraction of sp³-hybridized carbons (Fsp3) is 0. The highest BCUT2D eigenvalue weighted by Crippen LogP contribution is 2.09. The first kappa shape index (κ1) is 5.14. The van der Waals surface area contributed by atoms with Gasteiger partial charge in [0.1, 0.15) is 0 Å². The van der Waals surface area contributed by atoms with Crippen molar-refractivity contribution in [3.8, 4) is 0 Å². The van der Waals surface area contributed by atoms with E-state index in [-0.39, 0.29) is 0 Å². The number of anilines is 1. The van der Waals surface area contributed by atoms with Crippen LogP contribution in [0.5, 0.6) is 0 Å². The first-order valence-corrected chi connectivity index (χ1v) is 4.13. The summed E-state index contributed by atoms with van der Waals surface area (Å²) in [6.45, 7) is 0. The van der Waals surface area contributed by atoms with Crippen LogP contribution >= 0.6 is 32.9 Å². The van der Waals surface area contributed by atoms with E-state index in [2.05, 4.69) is 4.98 Å². The Balaban J connectivity index is 3.30. The van der Waals surface area contributed by atoms with Gasteiger partial charge in [-0.25, -0.2) is 4.98 Å². The Hall–Kier alpha value is -0.0000000000000000555. The first-order chi connectivity index (χ1) is 3.29. The third-order valence-corrected chi connectivity index (χ3v) is 3.01. The molecule has 7 heavy (non-hydrogen) atoms. The highest BCUT2D eigenvalue weighted by atomic mass is 32.9. The van der Waals surface area contributed by atoms with Gasteiger partial charge in [-0.05, 0) is 22.6 Å². The number of nitrogens with two attached hydrogens (primary N) is 1. The molecule has 0 atom stereocenters. The molecule has 0 aliphatic carbocycles. The highest BCUT2D eigenvalue weighted by molar-refractivity contribution is 7.79. The topological polar surface area (TPSA) is 40.2 Å². The van der Waals surface area contributed by atoms with Gasteiger partial charge >= 0.3 is 5.13 Å². The molecule has 0 aromatic carbocycles. The quantitative estimate of drug-likeness (QED) is 0.443. The lowest BCUT2D eigenvalue weighted by Gasteiger charge is -1.57. The molecule has 1 heterocycles. The molecule has 5 heteroatoms. The maximum Gasteiger partial charge on any atom is 0.341 e. The van der Waals surface area contributed by atoms with Crippen molar-refractivity contribution < 1.29 is 4.98 Å². The summed E-state index contributed by atoms with van der Waals surface area (Å²) in [5, 5.41) is 0.690. The van der Waals surface area contributed by atoms with Crippen LogP contribution in [0.25, 0.3) is 0 Å². The minimum Gasteiger partial charge on any atom is -0.277 e. The number of hydrogen-bond donors (Lipinski definition) is 1. The zero-order chi connectivity index (χ0) is 5.28. The smallest absolute Gasteiger partial charge is 0.277 e. The van der Waals surface area contributed by atoms with E-state index >= 15 is 0 Å². The van der Waals surface area contributed by atoms with E-state index in [1.165, 1.54) is 20.7 Å². The van der Waals surface area contributed by atoms with Crippen LogP contribution in [0, 0.1) is 3.95 Å². The molecule has 0 bridgehead atoms. The number of H-pyrrole nitrogens is 1. The van der Waals surface area contributed by atoms with Crippen molar-refractivity contribution in [2.45, 2.75) is 0 Å². The molecule has 0 spiro atoms. The van der Waals surface area contributed by atoms with Gasteiger partial charge in [-0.15, -0.1) is 0 Å². The molecule has 1 aromatic heterocycles. The second-order valence-electron chi connectivity index (χ2n) is 0.943. The molecule has 1 aromatic rings. The Morgan fingerprint density at radius 2 is 2.29 bits per heavy atom. The first-order valence-electron chi connectivity index (χ1n) is 1.57. The van der Waals surface area contributed by atoms with Crippen LogP contribution in [0.1, 0.15) is 0 Å². The Kier molecular flexibility index (Phi) is 1.36. The van der Waals surface area contributed by atoms with Gasteiger partial charge in [-0.2, -0.15) is 0 Å². The third kappa shape index (κ3) is 1.19. The largest absolute Gasteiger partial charge is 0.341 e. The van der Waals surface area contributed by atoms with E-state index in [1.54, 1.807) is 0 Å². The average Bonchev–Trinajstić information content (AvgIpc) is 1.87. The van der Waals surface area contributed by atoms with Gasteiger partial charge in [-0.1, -0.05) is 0 Å². The Morgan fingerprint density at radius 3 is 2.43 bits per heavy atom. The molecule has 0 saturated heterocycles. The maximum atomic E-state index is 5.29. The van der Waals surface area contributed by atoms with E-state index in [0.29, 0.717) is 5.13 Å². The number of aromatic nitrogens is 1. The van der Waals surface area contributed by atoms with Crippen molar-refractivity contribution in [2.24, 2.45) is 0 Å². The maximum absolute atomic E-state index is 5.29. The lowest BCUT2D eigenvalue weighted by atomic mass is 11.3. The summed E-state index contributed by atoms with van der Waals surface area (Å²) in [6.07, 6.45) is 0. The third-order valence-electron chi connectivity index (χ3n) is 0.432. The molecule has 0 fully saturated rings.